The molecule has 5 rings (SSSR count). The number of hydrogen-bond acceptors (Lipinski definition) is 2. The minimum Gasteiger partial charge on any atom is -0.478 e. The molecule has 5 aromatic carbocycles. The van der Waals surface area contributed by atoms with Crippen LogP contribution in [0.2, 0.25) is 0 Å². The summed E-state index contributed by atoms with van der Waals surface area (Å²) in [5.74, 6) is -0.960. The second-order valence-corrected chi connectivity index (χ2v) is 10.8. The molecule has 3 nitrogen and oxygen atoms in total. The summed E-state index contributed by atoms with van der Waals surface area (Å²) >= 11 is 0. The third kappa shape index (κ3) is 6.76. The van der Waals surface area contributed by atoms with Crippen molar-refractivity contribution < 1.29 is 9.90 Å². The van der Waals surface area contributed by atoms with Gasteiger partial charge < -0.3 is 10.0 Å². The van der Waals surface area contributed by atoms with Crippen molar-refractivity contribution in [2.24, 2.45) is 0 Å². The molecule has 0 amide bonds. The van der Waals surface area contributed by atoms with E-state index in [-0.39, 0.29) is 0 Å². The molecule has 0 aliphatic carbocycles. The summed E-state index contributed by atoms with van der Waals surface area (Å²) in [7, 11) is 0. The van der Waals surface area contributed by atoms with E-state index in [0.717, 1.165) is 34.3 Å². The Morgan fingerprint density at radius 3 is 1.55 bits per heavy atom. The van der Waals surface area contributed by atoms with Crippen LogP contribution in [0.25, 0.3) is 17.7 Å². The zero-order valence-corrected chi connectivity index (χ0v) is 24.5. The third-order valence-corrected chi connectivity index (χ3v) is 7.35. The van der Waals surface area contributed by atoms with Crippen molar-refractivity contribution in [2.75, 3.05) is 4.90 Å². The quantitative estimate of drug-likeness (QED) is 0.155. The predicted octanol–water partition coefficient (Wildman–Crippen LogP) is 10.1. The Balaban J connectivity index is 1.55. The molecule has 5 aromatic rings. The Hall–Kier alpha value is -5.15. The average Bonchev–Trinajstić information content (AvgIpc) is 2.98. The maximum absolute atomic E-state index is 11.0. The van der Waals surface area contributed by atoms with Crippen molar-refractivity contribution in [1.29, 1.82) is 0 Å². The lowest BCUT2D eigenvalue weighted by molar-refractivity contribution is -0.131. The Kier molecular flexibility index (Phi) is 8.50. The summed E-state index contributed by atoms with van der Waals surface area (Å²) in [4.78, 5) is 13.2. The number of aryl methyl sites for hydroxylation is 4. The summed E-state index contributed by atoms with van der Waals surface area (Å²) in [5, 5.41) is 9.00. The van der Waals surface area contributed by atoms with E-state index in [9.17, 15) is 4.79 Å². The summed E-state index contributed by atoms with van der Waals surface area (Å²) in [6.07, 6.45) is 5.02. The van der Waals surface area contributed by atoms with Gasteiger partial charge in [0, 0.05) is 23.1 Å². The van der Waals surface area contributed by atoms with Crippen LogP contribution < -0.4 is 4.90 Å². The molecule has 42 heavy (non-hydrogen) atoms. The fraction of sp³-hybridized carbons (Fsp3) is 0.103. The summed E-state index contributed by atoms with van der Waals surface area (Å²) in [5.41, 5.74) is 13.5. The van der Waals surface area contributed by atoms with Gasteiger partial charge in [-0.15, -0.1) is 0 Å². The molecule has 0 aliphatic rings. The van der Waals surface area contributed by atoms with Crippen LogP contribution in [0.5, 0.6) is 0 Å². The van der Waals surface area contributed by atoms with Crippen LogP contribution >= 0.6 is 0 Å². The first-order chi connectivity index (χ1) is 20.3. The van der Waals surface area contributed by atoms with Crippen molar-refractivity contribution in [3.63, 3.8) is 0 Å². The molecule has 0 fully saturated rings. The van der Waals surface area contributed by atoms with E-state index in [1.54, 1.807) is 6.08 Å². The fourth-order valence-corrected chi connectivity index (χ4v) is 5.07. The number of anilines is 3. The molecule has 208 valence electrons. The average molecular weight is 550 g/mol. The molecule has 0 aliphatic heterocycles. The van der Waals surface area contributed by atoms with Crippen molar-refractivity contribution in [1.82, 2.24) is 0 Å². The van der Waals surface area contributed by atoms with E-state index in [2.05, 4.69) is 130 Å². The van der Waals surface area contributed by atoms with Crippen molar-refractivity contribution in [2.45, 2.75) is 27.7 Å². The smallest absolute Gasteiger partial charge is 0.328 e. The highest BCUT2D eigenvalue weighted by molar-refractivity contribution is 5.92. The molecular weight excluding hydrogens is 514 g/mol. The van der Waals surface area contributed by atoms with E-state index in [1.807, 2.05) is 24.3 Å². The number of carbonyl (C=O) groups is 1. The zero-order valence-electron chi connectivity index (χ0n) is 24.5. The van der Waals surface area contributed by atoms with E-state index in [4.69, 9.17) is 5.11 Å². The monoisotopic (exact) mass is 549 g/mol. The molecule has 0 aromatic heterocycles. The zero-order chi connectivity index (χ0) is 29.6. The number of hydrogen-bond donors (Lipinski definition) is 1. The van der Waals surface area contributed by atoms with Gasteiger partial charge in [0.05, 0.1) is 0 Å². The topological polar surface area (TPSA) is 40.5 Å². The first kappa shape index (κ1) is 28.4. The van der Waals surface area contributed by atoms with Crippen LogP contribution in [-0.4, -0.2) is 11.1 Å². The molecule has 0 spiro atoms. The first-order valence-corrected chi connectivity index (χ1v) is 14.1. The molecule has 0 unspecified atom stereocenters. The van der Waals surface area contributed by atoms with Crippen LogP contribution in [-0.2, 0) is 4.79 Å². The highest BCUT2D eigenvalue weighted by atomic mass is 16.4. The van der Waals surface area contributed by atoms with E-state index < -0.39 is 5.97 Å². The van der Waals surface area contributed by atoms with Gasteiger partial charge in [0.1, 0.15) is 0 Å². The molecule has 1 N–H and O–H groups in total. The summed E-state index contributed by atoms with van der Waals surface area (Å²) in [6.45, 7) is 8.45. The van der Waals surface area contributed by atoms with Crippen molar-refractivity contribution in [3.05, 3.63) is 166 Å². The van der Waals surface area contributed by atoms with Crippen LogP contribution in [0, 0.1) is 27.7 Å². The number of carboxylic acids is 1. The molecule has 0 atom stereocenters. The van der Waals surface area contributed by atoms with Gasteiger partial charge in [-0.1, -0.05) is 102 Å². The summed E-state index contributed by atoms with van der Waals surface area (Å²) in [6, 6.07) is 40.4. The molecule has 3 heteroatoms. The minimum atomic E-state index is -0.960. The lowest BCUT2D eigenvalue weighted by atomic mass is 9.94. The van der Waals surface area contributed by atoms with Crippen LogP contribution in [0.4, 0.5) is 17.1 Å². The van der Waals surface area contributed by atoms with Gasteiger partial charge >= 0.3 is 5.97 Å². The van der Waals surface area contributed by atoms with E-state index >= 15 is 0 Å². The standard InChI is InChI=1S/C39H35NO2/c1-27-5-15-33(16-6-27)37(34-17-7-28(2)8-18-34)26-32-12-21-36(22-13-32)40(38-23-9-29(3)25-30(38)4)35-19-10-31(11-20-35)14-24-39(41)42/h5-26H,1-4H3,(H,41,42). The van der Waals surface area contributed by atoms with Crippen molar-refractivity contribution in [3.8, 4) is 0 Å². The molecular formula is C39H35NO2. The first-order valence-electron chi connectivity index (χ1n) is 14.1. The third-order valence-electron chi connectivity index (χ3n) is 7.35. The lowest BCUT2D eigenvalue weighted by Crippen LogP contribution is -2.11. The Morgan fingerprint density at radius 1 is 0.595 bits per heavy atom. The van der Waals surface area contributed by atoms with Gasteiger partial charge in [0.2, 0.25) is 0 Å². The molecule has 0 radical (unpaired) electrons. The molecule has 0 saturated carbocycles. The SMILES string of the molecule is Cc1ccc(C(=Cc2ccc(N(c3ccc(C=CC(=O)O)cc3)c3ccc(C)cc3C)cc2)c2ccc(C)cc2)cc1. The highest BCUT2D eigenvalue weighted by Gasteiger charge is 2.15. The second-order valence-electron chi connectivity index (χ2n) is 10.8. The highest BCUT2D eigenvalue weighted by Crippen LogP contribution is 2.37. The molecule has 0 saturated heterocycles. The number of aliphatic carboxylic acids is 1. The maximum Gasteiger partial charge on any atom is 0.328 e. The fourth-order valence-electron chi connectivity index (χ4n) is 5.07. The second kappa shape index (κ2) is 12.6. The maximum atomic E-state index is 11.0. The largest absolute Gasteiger partial charge is 0.478 e. The Morgan fingerprint density at radius 2 is 1.07 bits per heavy atom. The molecule has 0 heterocycles. The van der Waals surface area contributed by atoms with Gasteiger partial charge in [-0.25, -0.2) is 4.79 Å². The normalized spacial score (nSPS) is 11.0. The van der Waals surface area contributed by atoms with E-state index in [0.29, 0.717) is 0 Å². The van der Waals surface area contributed by atoms with Gasteiger partial charge in [-0.05, 0) is 104 Å². The summed E-state index contributed by atoms with van der Waals surface area (Å²) < 4.78 is 0. The number of benzene rings is 5. The minimum absolute atomic E-state index is 0.835. The Bertz CT molecular complexity index is 1690. The number of carboxylic acid groups (broad SMARTS) is 1. The van der Waals surface area contributed by atoms with Gasteiger partial charge in [-0.3, -0.25) is 0 Å². The van der Waals surface area contributed by atoms with E-state index in [1.165, 1.54) is 39.0 Å². The molecule has 0 bridgehead atoms. The predicted molar refractivity (Wildman–Crippen MR) is 177 cm³/mol. The van der Waals surface area contributed by atoms with Crippen LogP contribution in [0.1, 0.15) is 44.5 Å². The van der Waals surface area contributed by atoms with Gasteiger partial charge in [-0.2, -0.15) is 0 Å². The van der Waals surface area contributed by atoms with Gasteiger partial charge in [0.15, 0.2) is 0 Å². The van der Waals surface area contributed by atoms with Crippen LogP contribution in [0.15, 0.2) is 121 Å². The lowest BCUT2D eigenvalue weighted by Gasteiger charge is -2.27. The van der Waals surface area contributed by atoms with Crippen LogP contribution in [0.3, 0.4) is 0 Å². The number of rotatable bonds is 8. The van der Waals surface area contributed by atoms with Crippen molar-refractivity contribution >= 4 is 40.8 Å². The Labute approximate surface area is 248 Å². The number of nitrogens with zero attached hydrogens (tertiary/aromatic N) is 1. The van der Waals surface area contributed by atoms with Gasteiger partial charge in [0.25, 0.3) is 0 Å².